The lowest BCUT2D eigenvalue weighted by molar-refractivity contribution is 0.0946. The Morgan fingerprint density at radius 1 is 1.30 bits per heavy atom. The average molecular weight is 310 g/mol. The predicted octanol–water partition coefficient (Wildman–Crippen LogP) is 0.996. The minimum Gasteiger partial charge on any atom is -0.480 e. The Morgan fingerprint density at radius 2 is 2.17 bits per heavy atom. The molecule has 0 saturated heterocycles. The molecule has 3 heterocycles. The fourth-order valence-corrected chi connectivity index (χ4v) is 1.99. The van der Waals surface area contributed by atoms with Crippen LogP contribution >= 0.6 is 0 Å². The monoisotopic (exact) mass is 310 g/mol. The van der Waals surface area contributed by atoms with E-state index in [1.807, 2.05) is 12.1 Å². The van der Waals surface area contributed by atoms with Crippen molar-refractivity contribution in [1.29, 1.82) is 0 Å². The molecule has 0 unspecified atom stereocenters. The van der Waals surface area contributed by atoms with E-state index < -0.39 is 0 Å². The van der Waals surface area contributed by atoms with Gasteiger partial charge in [0, 0.05) is 12.4 Å². The van der Waals surface area contributed by atoms with Crippen LogP contribution in [0.3, 0.4) is 0 Å². The lowest BCUT2D eigenvalue weighted by Gasteiger charge is -2.06. The number of methoxy groups -OCH3 is 1. The van der Waals surface area contributed by atoms with Gasteiger partial charge in [-0.2, -0.15) is 0 Å². The van der Waals surface area contributed by atoms with Gasteiger partial charge in [-0.15, -0.1) is 5.10 Å². The summed E-state index contributed by atoms with van der Waals surface area (Å²) in [4.78, 5) is 20.2. The van der Waals surface area contributed by atoms with E-state index in [0.29, 0.717) is 11.3 Å². The third kappa shape index (κ3) is 3.31. The maximum atomic E-state index is 12.2. The van der Waals surface area contributed by atoms with Gasteiger partial charge in [0.1, 0.15) is 11.3 Å². The highest BCUT2D eigenvalue weighted by Gasteiger charge is 2.13. The van der Waals surface area contributed by atoms with Crippen LogP contribution in [0.4, 0.5) is 0 Å². The number of nitrogens with zero attached hydrogens (tertiary/aromatic N) is 5. The second-order valence-corrected chi connectivity index (χ2v) is 4.61. The Kier molecular flexibility index (Phi) is 4.23. The molecule has 0 aliphatic carbocycles. The number of ether oxygens (including phenoxy) is 1. The van der Waals surface area contributed by atoms with Crippen molar-refractivity contribution >= 4 is 5.91 Å². The van der Waals surface area contributed by atoms with E-state index in [9.17, 15) is 4.79 Å². The molecule has 0 bridgehead atoms. The topological polar surface area (TPSA) is 94.8 Å². The number of hydrogen-bond donors (Lipinski definition) is 1. The molecule has 0 radical (unpaired) electrons. The van der Waals surface area contributed by atoms with E-state index in [1.54, 1.807) is 41.6 Å². The summed E-state index contributed by atoms with van der Waals surface area (Å²) < 4.78 is 6.67. The minimum atomic E-state index is -0.286. The van der Waals surface area contributed by atoms with Crippen LogP contribution in [0, 0.1) is 0 Å². The second-order valence-electron chi connectivity index (χ2n) is 4.61. The molecule has 8 heteroatoms. The lowest BCUT2D eigenvalue weighted by Crippen LogP contribution is -2.23. The van der Waals surface area contributed by atoms with Crippen LogP contribution in [0.1, 0.15) is 16.1 Å². The van der Waals surface area contributed by atoms with Gasteiger partial charge in [0.25, 0.3) is 5.91 Å². The van der Waals surface area contributed by atoms with Crippen LogP contribution in [-0.2, 0) is 6.54 Å². The maximum absolute atomic E-state index is 12.2. The van der Waals surface area contributed by atoms with Gasteiger partial charge in [0.05, 0.1) is 31.7 Å². The van der Waals surface area contributed by atoms with Gasteiger partial charge in [-0.3, -0.25) is 9.78 Å². The predicted molar refractivity (Wildman–Crippen MR) is 81.1 cm³/mol. The van der Waals surface area contributed by atoms with Crippen molar-refractivity contribution in [2.75, 3.05) is 7.11 Å². The van der Waals surface area contributed by atoms with Crippen LogP contribution in [0.25, 0.3) is 5.69 Å². The molecule has 1 amide bonds. The summed E-state index contributed by atoms with van der Waals surface area (Å²) >= 11 is 0. The summed E-state index contributed by atoms with van der Waals surface area (Å²) in [5.74, 6) is -0.00473. The first-order valence-corrected chi connectivity index (χ1v) is 6.87. The normalized spacial score (nSPS) is 10.3. The van der Waals surface area contributed by atoms with Crippen LogP contribution in [0.15, 0.2) is 49.1 Å². The zero-order valence-corrected chi connectivity index (χ0v) is 12.4. The van der Waals surface area contributed by atoms with Crippen molar-refractivity contribution in [3.63, 3.8) is 0 Å². The summed E-state index contributed by atoms with van der Waals surface area (Å²) in [5, 5.41) is 10.8. The molecule has 3 aromatic rings. The molecule has 1 N–H and O–H groups in total. The highest BCUT2D eigenvalue weighted by molar-refractivity contribution is 5.96. The Balaban J connectivity index is 1.67. The maximum Gasteiger partial charge on any atom is 0.257 e. The van der Waals surface area contributed by atoms with Crippen molar-refractivity contribution < 1.29 is 9.53 Å². The molecule has 3 aromatic heterocycles. The standard InChI is InChI=1S/C15H14N6O2/c1-23-15-13(5-3-7-17-15)14(22)18-8-11-10-21(20-19-11)12-4-2-6-16-9-12/h2-7,9-10H,8H2,1H3,(H,18,22). The zero-order chi connectivity index (χ0) is 16.1. The van der Waals surface area contributed by atoms with Crippen LogP contribution in [-0.4, -0.2) is 38.0 Å². The van der Waals surface area contributed by atoms with Crippen molar-refractivity contribution in [3.05, 3.63) is 60.3 Å². The molecule has 0 aromatic carbocycles. The van der Waals surface area contributed by atoms with Crippen LogP contribution < -0.4 is 10.1 Å². The number of aromatic nitrogens is 5. The molecule has 0 spiro atoms. The third-order valence-corrected chi connectivity index (χ3v) is 3.09. The molecule has 0 atom stereocenters. The molecule has 23 heavy (non-hydrogen) atoms. The number of hydrogen-bond acceptors (Lipinski definition) is 6. The van der Waals surface area contributed by atoms with E-state index in [0.717, 1.165) is 5.69 Å². The van der Waals surface area contributed by atoms with Gasteiger partial charge in [0.2, 0.25) is 5.88 Å². The molecular weight excluding hydrogens is 296 g/mol. The number of pyridine rings is 2. The van der Waals surface area contributed by atoms with Crippen molar-refractivity contribution in [1.82, 2.24) is 30.3 Å². The lowest BCUT2D eigenvalue weighted by atomic mass is 10.2. The molecule has 0 saturated carbocycles. The Labute approximate surface area is 132 Å². The smallest absolute Gasteiger partial charge is 0.257 e. The van der Waals surface area contributed by atoms with Crippen LogP contribution in [0.2, 0.25) is 0 Å². The SMILES string of the molecule is COc1ncccc1C(=O)NCc1cn(-c2cccnc2)nn1. The average Bonchev–Trinajstić information content (AvgIpc) is 3.09. The molecular formula is C15H14N6O2. The summed E-state index contributed by atoms with van der Waals surface area (Å²) in [5.41, 5.74) is 1.80. The highest BCUT2D eigenvalue weighted by atomic mass is 16.5. The summed E-state index contributed by atoms with van der Waals surface area (Å²) in [6.07, 6.45) is 6.66. The Hall–Kier alpha value is -3.29. The first kappa shape index (κ1) is 14.6. The molecule has 116 valence electrons. The molecule has 0 aliphatic rings. The molecule has 8 nitrogen and oxygen atoms in total. The first-order valence-electron chi connectivity index (χ1n) is 6.87. The minimum absolute atomic E-state index is 0.247. The second kappa shape index (κ2) is 6.65. The number of rotatable bonds is 5. The quantitative estimate of drug-likeness (QED) is 0.755. The third-order valence-electron chi connectivity index (χ3n) is 3.09. The number of amides is 1. The van der Waals surface area contributed by atoms with E-state index in [-0.39, 0.29) is 18.3 Å². The van der Waals surface area contributed by atoms with Crippen molar-refractivity contribution in [2.24, 2.45) is 0 Å². The van der Waals surface area contributed by atoms with E-state index in [4.69, 9.17) is 4.74 Å². The van der Waals surface area contributed by atoms with E-state index in [2.05, 4.69) is 25.6 Å². The fraction of sp³-hybridized carbons (Fsp3) is 0.133. The largest absolute Gasteiger partial charge is 0.480 e. The highest BCUT2D eigenvalue weighted by Crippen LogP contribution is 2.13. The summed E-state index contributed by atoms with van der Waals surface area (Å²) in [6, 6.07) is 7.00. The van der Waals surface area contributed by atoms with Gasteiger partial charge in [-0.05, 0) is 24.3 Å². The molecule has 3 rings (SSSR count). The molecule has 0 aliphatic heterocycles. The fourth-order valence-electron chi connectivity index (χ4n) is 1.99. The van der Waals surface area contributed by atoms with Gasteiger partial charge in [0.15, 0.2) is 0 Å². The Bertz CT molecular complexity index is 802. The summed E-state index contributed by atoms with van der Waals surface area (Å²) in [6.45, 7) is 0.247. The molecule has 0 fully saturated rings. The van der Waals surface area contributed by atoms with Gasteiger partial charge >= 0.3 is 0 Å². The number of carbonyl (C=O) groups excluding carboxylic acids is 1. The van der Waals surface area contributed by atoms with Crippen molar-refractivity contribution in [2.45, 2.75) is 6.54 Å². The Morgan fingerprint density at radius 3 is 2.96 bits per heavy atom. The van der Waals surface area contributed by atoms with Crippen molar-refractivity contribution in [3.8, 4) is 11.6 Å². The first-order chi connectivity index (χ1) is 11.3. The number of nitrogens with one attached hydrogen (secondary N) is 1. The van der Waals surface area contributed by atoms with E-state index >= 15 is 0 Å². The summed E-state index contributed by atoms with van der Waals surface area (Å²) in [7, 11) is 1.47. The van der Waals surface area contributed by atoms with Gasteiger partial charge in [-0.25, -0.2) is 9.67 Å². The number of carbonyl (C=O) groups is 1. The van der Waals surface area contributed by atoms with Crippen LogP contribution in [0.5, 0.6) is 5.88 Å². The van der Waals surface area contributed by atoms with Gasteiger partial charge in [-0.1, -0.05) is 5.21 Å². The van der Waals surface area contributed by atoms with E-state index in [1.165, 1.54) is 7.11 Å². The zero-order valence-electron chi connectivity index (χ0n) is 12.4. The van der Waals surface area contributed by atoms with Gasteiger partial charge < -0.3 is 10.1 Å².